The lowest BCUT2D eigenvalue weighted by Gasteiger charge is -2.27. The average molecular weight is 764 g/mol. The Morgan fingerprint density at radius 3 is 1.65 bits per heavy atom. The smallest absolute Gasteiger partial charge is 0.143 e. The van der Waals surface area contributed by atoms with E-state index in [0.29, 0.717) is 0 Å². The van der Waals surface area contributed by atoms with Crippen LogP contribution in [0, 0.1) is 0 Å². The lowest BCUT2D eigenvalue weighted by Crippen LogP contribution is -2.10. The zero-order chi connectivity index (χ0) is 39.6. The molecule has 0 spiro atoms. The highest BCUT2D eigenvalue weighted by Gasteiger charge is 2.21. The topological polar surface area (TPSA) is 16.4 Å². The summed E-state index contributed by atoms with van der Waals surface area (Å²) >= 11 is 0. The number of furan rings is 1. The molecule has 0 amide bonds. The highest BCUT2D eigenvalue weighted by molar-refractivity contribution is 6.20. The molecule has 0 unspecified atom stereocenters. The van der Waals surface area contributed by atoms with Crippen molar-refractivity contribution >= 4 is 82.1 Å². The van der Waals surface area contributed by atoms with Crippen LogP contribution in [0.2, 0.25) is 0 Å². The Kier molecular flexibility index (Phi) is 7.89. The molecule has 0 aliphatic rings. The first kappa shape index (κ1) is 34.1. The highest BCUT2D eigenvalue weighted by atomic mass is 16.3. The standard InChI is InChI=1S/C58H37NO/c1-2-12-38(13-3-1)39-24-26-40(27-25-39)41-28-31-45(32-29-41)59(55-22-11-23-56-57(55)53-34-30-42-14-4-7-18-49(42)58(53)60-56)46-33-35-48-43(36-46)16-10-21-51(48)54-37-44-15-5-6-17-47(44)50-19-8-9-20-52(50)54/h1-37H. The van der Waals surface area contributed by atoms with Crippen molar-refractivity contribution in [3.05, 3.63) is 224 Å². The Hall–Kier alpha value is -7.94. The fraction of sp³-hybridized carbons (Fsp3) is 0. The number of anilines is 3. The van der Waals surface area contributed by atoms with E-state index < -0.39 is 0 Å². The molecule has 2 nitrogen and oxygen atoms in total. The summed E-state index contributed by atoms with van der Waals surface area (Å²) in [4.78, 5) is 2.40. The van der Waals surface area contributed by atoms with Crippen LogP contribution in [-0.4, -0.2) is 0 Å². The van der Waals surface area contributed by atoms with Gasteiger partial charge in [0.25, 0.3) is 0 Å². The molecule has 0 radical (unpaired) electrons. The van der Waals surface area contributed by atoms with Crippen molar-refractivity contribution in [1.82, 2.24) is 0 Å². The van der Waals surface area contributed by atoms with Gasteiger partial charge in [-0.2, -0.15) is 0 Å². The van der Waals surface area contributed by atoms with E-state index >= 15 is 0 Å². The van der Waals surface area contributed by atoms with Gasteiger partial charge in [-0.3, -0.25) is 0 Å². The summed E-state index contributed by atoms with van der Waals surface area (Å²) < 4.78 is 6.72. The maximum atomic E-state index is 6.72. The first-order chi connectivity index (χ1) is 29.7. The van der Waals surface area contributed by atoms with Crippen molar-refractivity contribution in [3.63, 3.8) is 0 Å². The Balaban J connectivity index is 1.03. The molecule has 12 aromatic rings. The van der Waals surface area contributed by atoms with Gasteiger partial charge in [0, 0.05) is 22.1 Å². The number of hydrogen-bond acceptors (Lipinski definition) is 2. The minimum atomic E-state index is 0.866. The van der Waals surface area contributed by atoms with Gasteiger partial charge in [-0.1, -0.05) is 176 Å². The van der Waals surface area contributed by atoms with E-state index in [1.807, 2.05) is 0 Å². The summed E-state index contributed by atoms with van der Waals surface area (Å²) in [7, 11) is 0. The van der Waals surface area contributed by atoms with Crippen molar-refractivity contribution in [2.45, 2.75) is 0 Å². The van der Waals surface area contributed by atoms with Crippen LogP contribution in [0.4, 0.5) is 17.1 Å². The third-order valence-electron chi connectivity index (χ3n) is 12.2. The largest absolute Gasteiger partial charge is 0.455 e. The molecule has 0 saturated heterocycles. The molecule has 280 valence electrons. The van der Waals surface area contributed by atoms with Crippen LogP contribution in [0.5, 0.6) is 0 Å². The molecule has 0 aliphatic carbocycles. The van der Waals surface area contributed by atoms with Crippen LogP contribution in [0.1, 0.15) is 0 Å². The maximum absolute atomic E-state index is 6.72. The van der Waals surface area contributed by atoms with E-state index in [0.717, 1.165) is 44.4 Å². The summed E-state index contributed by atoms with van der Waals surface area (Å²) in [5, 5.41) is 11.9. The molecular formula is C58H37NO. The van der Waals surface area contributed by atoms with Crippen molar-refractivity contribution in [3.8, 4) is 33.4 Å². The second-order valence-corrected chi connectivity index (χ2v) is 15.6. The van der Waals surface area contributed by atoms with E-state index in [-0.39, 0.29) is 0 Å². The number of nitrogens with zero attached hydrogens (tertiary/aromatic N) is 1. The molecule has 0 atom stereocenters. The van der Waals surface area contributed by atoms with Gasteiger partial charge >= 0.3 is 0 Å². The quantitative estimate of drug-likeness (QED) is 0.157. The van der Waals surface area contributed by atoms with Crippen molar-refractivity contribution in [2.75, 3.05) is 4.90 Å². The fourth-order valence-corrected chi connectivity index (χ4v) is 9.36. The van der Waals surface area contributed by atoms with Gasteiger partial charge < -0.3 is 9.32 Å². The lowest BCUT2D eigenvalue weighted by molar-refractivity contribution is 0.672. The molecule has 0 fully saturated rings. The summed E-state index contributed by atoms with van der Waals surface area (Å²) in [5.74, 6) is 0. The SMILES string of the molecule is c1ccc(-c2ccc(-c3ccc(N(c4ccc5c(-c6cc7ccccc7c7ccccc67)cccc5c4)c4cccc5oc6c7ccccc7ccc6c45)cc3)cc2)cc1. The zero-order valence-corrected chi connectivity index (χ0v) is 32.7. The van der Waals surface area contributed by atoms with E-state index in [1.165, 1.54) is 71.1 Å². The Morgan fingerprint density at radius 2 is 0.867 bits per heavy atom. The van der Waals surface area contributed by atoms with Crippen LogP contribution >= 0.6 is 0 Å². The first-order valence-electron chi connectivity index (χ1n) is 20.6. The molecule has 0 aliphatic heterocycles. The summed E-state index contributed by atoms with van der Waals surface area (Å²) in [5.41, 5.74) is 12.2. The van der Waals surface area contributed by atoms with Crippen LogP contribution < -0.4 is 4.90 Å². The number of hydrogen-bond donors (Lipinski definition) is 0. The molecule has 11 aromatic carbocycles. The van der Waals surface area contributed by atoms with E-state index in [9.17, 15) is 0 Å². The van der Waals surface area contributed by atoms with E-state index in [2.05, 4.69) is 229 Å². The van der Waals surface area contributed by atoms with Gasteiger partial charge in [-0.25, -0.2) is 0 Å². The van der Waals surface area contributed by atoms with Gasteiger partial charge in [0.15, 0.2) is 0 Å². The van der Waals surface area contributed by atoms with Crippen molar-refractivity contribution < 1.29 is 4.42 Å². The maximum Gasteiger partial charge on any atom is 0.143 e. The molecule has 60 heavy (non-hydrogen) atoms. The Labute approximate surface area is 347 Å². The van der Waals surface area contributed by atoms with Crippen LogP contribution in [0.25, 0.3) is 98.4 Å². The van der Waals surface area contributed by atoms with Gasteiger partial charge in [-0.05, 0) is 120 Å². The summed E-state index contributed by atoms with van der Waals surface area (Å²) in [6.45, 7) is 0. The molecule has 0 N–H and O–H groups in total. The molecule has 2 heteroatoms. The third kappa shape index (κ3) is 5.57. The van der Waals surface area contributed by atoms with Gasteiger partial charge in [-0.15, -0.1) is 0 Å². The predicted octanol–water partition coefficient (Wildman–Crippen LogP) is 16.7. The number of rotatable bonds is 6. The predicted molar refractivity (Wildman–Crippen MR) is 255 cm³/mol. The second kappa shape index (κ2) is 13.9. The minimum absolute atomic E-state index is 0.866. The van der Waals surface area contributed by atoms with Gasteiger partial charge in [0.2, 0.25) is 0 Å². The van der Waals surface area contributed by atoms with Crippen LogP contribution in [-0.2, 0) is 0 Å². The molecule has 0 bridgehead atoms. The van der Waals surface area contributed by atoms with E-state index in [1.54, 1.807) is 0 Å². The summed E-state index contributed by atoms with van der Waals surface area (Å²) in [6, 6.07) is 81.2. The number of benzene rings is 11. The molecule has 12 rings (SSSR count). The first-order valence-corrected chi connectivity index (χ1v) is 20.6. The highest BCUT2D eigenvalue weighted by Crippen LogP contribution is 2.46. The monoisotopic (exact) mass is 763 g/mol. The molecule has 1 heterocycles. The second-order valence-electron chi connectivity index (χ2n) is 15.6. The zero-order valence-electron chi connectivity index (χ0n) is 32.7. The average Bonchev–Trinajstić information content (AvgIpc) is 3.72. The van der Waals surface area contributed by atoms with Crippen LogP contribution in [0.15, 0.2) is 229 Å². The third-order valence-corrected chi connectivity index (χ3v) is 12.2. The molecular weight excluding hydrogens is 727 g/mol. The van der Waals surface area contributed by atoms with Crippen LogP contribution in [0.3, 0.4) is 0 Å². The molecule has 0 saturated carbocycles. The fourth-order valence-electron chi connectivity index (χ4n) is 9.36. The van der Waals surface area contributed by atoms with Gasteiger partial charge in [0.1, 0.15) is 11.2 Å². The van der Waals surface area contributed by atoms with Gasteiger partial charge in [0.05, 0.1) is 11.1 Å². The normalized spacial score (nSPS) is 11.7. The summed E-state index contributed by atoms with van der Waals surface area (Å²) in [6.07, 6.45) is 0. The Bertz CT molecular complexity index is 3580. The van der Waals surface area contributed by atoms with Crippen molar-refractivity contribution in [1.29, 1.82) is 0 Å². The van der Waals surface area contributed by atoms with E-state index in [4.69, 9.17) is 4.42 Å². The Morgan fingerprint density at radius 1 is 0.300 bits per heavy atom. The van der Waals surface area contributed by atoms with Crippen molar-refractivity contribution in [2.24, 2.45) is 0 Å². The number of fused-ring (bicyclic) bond motifs is 9. The minimum Gasteiger partial charge on any atom is -0.455 e. The molecule has 1 aromatic heterocycles. The lowest BCUT2D eigenvalue weighted by atomic mass is 9.90.